The first-order chi connectivity index (χ1) is 4.06. The summed E-state index contributed by atoms with van der Waals surface area (Å²) in [5.41, 5.74) is 0. The van der Waals surface area contributed by atoms with E-state index < -0.39 is 3.98 Å². The van der Waals surface area contributed by atoms with Crippen LogP contribution < -0.4 is 0 Å². The van der Waals surface area contributed by atoms with E-state index in [4.69, 9.17) is 34.8 Å². The van der Waals surface area contributed by atoms with Crippen molar-refractivity contribution in [1.29, 1.82) is 0 Å². The molecule has 0 atom stereocenters. The third kappa shape index (κ3) is 8.79. The Labute approximate surface area is 69.0 Å². The van der Waals surface area contributed by atoms with E-state index in [2.05, 4.69) is 9.47 Å². The van der Waals surface area contributed by atoms with Crippen molar-refractivity contribution in [2.45, 2.75) is 3.98 Å². The summed E-state index contributed by atoms with van der Waals surface area (Å²) in [7, 11) is 1.54. The van der Waals surface area contributed by atoms with E-state index >= 15 is 0 Å². The van der Waals surface area contributed by atoms with Gasteiger partial charge in [-0.3, -0.25) is 0 Å². The fourth-order valence-electron chi connectivity index (χ4n) is 0.241. The molecule has 9 heavy (non-hydrogen) atoms. The van der Waals surface area contributed by atoms with E-state index in [-0.39, 0.29) is 6.61 Å². The molecule has 56 valence electrons. The van der Waals surface area contributed by atoms with Gasteiger partial charge in [-0.05, 0) is 0 Å². The number of hydrogen-bond acceptors (Lipinski definition) is 2. The van der Waals surface area contributed by atoms with Crippen LogP contribution in [0.3, 0.4) is 0 Å². The lowest BCUT2D eigenvalue weighted by molar-refractivity contribution is 0.0670. The maximum Gasteiger partial charge on any atom is 0.297 e. The van der Waals surface area contributed by atoms with Crippen LogP contribution in [0.25, 0.3) is 0 Å². The Balaban J connectivity index is 3.07. The lowest BCUT2D eigenvalue weighted by Gasteiger charge is -2.10. The van der Waals surface area contributed by atoms with E-state index in [0.29, 0.717) is 6.61 Å². The molecule has 0 saturated carbocycles. The zero-order valence-electron chi connectivity index (χ0n) is 4.86. The normalized spacial score (nSPS) is 12.0. The summed E-state index contributed by atoms with van der Waals surface area (Å²) in [5.74, 6) is 0. The largest absolute Gasteiger partial charge is 0.382 e. The van der Waals surface area contributed by atoms with Gasteiger partial charge in [0.05, 0.1) is 13.2 Å². The van der Waals surface area contributed by atoms with E-state index in [1.165, 1.54) is 0 Å². The first kappa shape index (κ1) is 9.79. The minimum absolute atomic E-state index is 0.285. The van der Waals surface area contributed by atoms with E-state index in [1.54, 1.807) is 7.11 Å². The molecule has 0 aliphatic carbocycles. The predicted octanol–water partition coefficient (Wildman–Crippen LogP) is 1.98. The Bertz CT molecular complexity index is 70.7. The highest BCUT2D eigenvalue weighted by Gasteiger charge is 2.18. The molecular weight excluding hydrogens is 186 g/mol. The average Bonchev–Trinajstić information content (AvgIpc) is 1.63. The molecule has 0 N–H and O–H groups in total. The first-order valence-electron chi connectivity index (χ1n) is 2.26. The van der Waals surface area contributed by atoms with Gasteiger partial charge in [0.2, 0.25) is 0 Å². The van der Waals surface area contributed by atoms with Crippen molar-refractivity contribution in [2.24, 2.45) is 0 Å². The molecule has 0 radical (unpaired) electrons. The minimum atomic E-state index is -1.61. The van der Waals surface area contributed by atoms with Crippen molar-refractivity contribution in [3.63, 3.8) is 0 Å². The van der Waals surface area contributed by atoms with Gasteiger partial charge in [-0.2, -0.15) is 0 Å². The van der Waals surface area contributed by atoms with Gasteiger partial charge < -0.3 is 9.47 Å². The van der Waals surface area contributed by atoms with Crippen LogP contribution in [0.2, 0.25) is 0 Å². The molecule has 0 saturated heterocycles. The monoisotopic (exact) mass is 192 g/mol. The Kier molecular flexibility index (Phi) is 4.98. The van der Waals surface area contributed by atoms with Gasteiger partial charge in [-0.15, -0.1) is 0 Å². The van der Waals surface area contributed by atoms with E-state index in [1.807, 2.05) is 0 Å². The Morgan fingerprint density at radius 3 is 2.11 bits per heavy atom. The number of hydrogen-bond donors (Lipinski definition) is 0. The lowest BCUT2D eigenvalue weighted by Crippen LogP contribution is -2.12. The van der Waals surface area contributed by atoms with Crippen LogP contribution in [0, 0.1) is 0 Å². The summed E-state index contributed by atoms with van der Waals surface area (Å²) in [6, 6.07) is 0. The molecule has 0 heterocycles. The van der Waals surface area contributed by atoms with Gasteiger partial charge in [0.1, 0.15) is 0 Å². The standard InChI is InChI=1S/C4H7Cl3O2/c1-8-2-3-9-4(5,6)7/h2-3H2,1H3. The number of methoxy groups -OCH3 is 1. The highest BCUT2D eigenvalue weighted by atomic mass is 35.6. The van der Waals surface area contributed by atoms with E-state index in [0.717, 1.165) is 0 Å². The van der Waals surface area contributed by atoms with Crippen LogP contribution in [0.15, 0.2) is 0 Å². The first-order valence-corrected chi connectivity index (χ1v) is 3.39. The molecular formula is C4H7Cl3O2. The van der Waals surface area contributed by atoms with Crippen LogP contribution in [0.5, 0.6) is 0 Å². The third-order valence-electron chi connectivity index (χ3n) is 0.553. The van der Waals surface area contributed by atoms with Gasteiger partial charge in [0.25, 0.3) is 3.98 Å². The molecule has 0 aliphatic heterocycles. The summed E-state index contributed by atoms with van der Waals surface area (Å²) < 4.78 is 7.66. The second-order valence-corrected chi connectivity index (χ2v) is 3.46. The maximum absolute atomic E-state index is 5.22. The van der Waals surface area contributed by atoms with E-state index in [9.17, 15) is 0 Å². The second kappa shape index (κ2) is 4.58. The maximum atomic E-state index is 5.22. The molecule has 0 fully saturated rings. The van der Waals surface area contributed by atoms with Crippen molar-refractivity contribution >= 4 is 34.8 Å². The molecule has 0 aromatic rings. The number of alkyl halides is 3. The lowest BCUT2D eigenvalue weighted by atomic mass is 10.8. The highest BCUT2D eigenvalue weighted by molar-refractivity contribution is 6.66. The summed E-state index contributed by atoms with van der Waals surface area (Å²) >= 11 is 15.7. The number of halogens is 3. The van der Waals surface area contributed by atoms with Crippen LogP contribution in [0.1, 0.15) is 0 Å². The molecule has 0 unspecified atom stereocenters. The van der Waals surface area contributed by atoms with Gasteiger partial charge in [-0.1, -0.05) is 34.8 Å². The van der Waals surface area contributed by atoms with Crippen molar-refractivity contribution in [3.05, 3.63) is 0 Å². The summed E-state index contributed by atoms with van der Waals surface area (Å²) in [5, 5.41) is 0. The zero-order valence-corrected chi connectivity index (χ0v) is 7.13. The minimum Gasteiger partial charge on any atom is -0.382 e. The van der Waals surface area contributed by atoms with Crippen LogP contribution >= 0.6 is 34.8 Å². The molecule has 0 spiro atoms. The van der Waals surface area contributed by atoms with Crippen LogP contribution in [0.4, 0.5) is 0 Å². The van der Waals surface area contributed by atoms with Gasteiger partial charge in [0.15, 0.2) is 0 Å². The molecule has 0 aromatic heterocycles. The summed E-state index contributed by atoms with van der Waals surface area (Å²) in [6.07, 6.45) is 0. The Hall–Kier alpha value is 0.790. The van der Waals surface area contributed by atoms with Crippen molar-refractivity contribution < 1.29 is 9.47 Å². The predicted molar refractivity (Wildman–Crippen MR) is 38.1 cm³/mol. The molecule has 0 aromatic carbocycles. The third-order valence-corrected chi connectivity index (χ3v) is 0.881. The van der Waals surface area contributed by atoms with Crippen LogP contribution in [-0.2, 0) is 9.47 Å². The Morgan fingerprint density at radius 2 is 1.78 bits per heavy atom. The number of ether oxygens (including phenoxy) is 2. The molecule has 0 aliphatic rings. The molecule has 5 heteroatoms. The molecule has 0 amide bonds. The fourth-order valence-corrected chi connectivity index (χ4v) is 0.472. The SMILES string of the molecule is COCCOC(Cl)(Cl)Cl. The fraction of sp³-hybridized carbons (Fsp3) is 1.00. The van der Waals surface area contributed by atoms with Gasteiger partial charge in [0, 0.05) is 7.11 Å². The highest BCUT2D eigenvalue weighted by Crippen LogP contribution is 2.26. The van der Waals surface area contributed by atoms with Crippen molar-refractivity contribution in [2.75, 3.05) is 20.3 Å². The zero-order chi connectivity index (χ0) is 7.33. The molecule has 2 nitrogen and oxygen atoms in total. The summed E-state index contributed by atoms with van der Waals surface area (Å²) in [4.78, 5) is 0. The second-order valence-electron chi connectivity index (χ2n) is 1.29. The smallest absolute Gasteiger partial charge is 0.297 e. The molecule has 0 bridgehead atoms. The molecule has 0 rings (SSSR count). The quantitative estimate of drug-likeness (QED) is 0.504. The Morgan fingerprint density at radius 1 is 1.22 bits per heavy atom. The van der Waals surface area contributed by atoms with Crippen molar-refractivity contribution in [1.82, 2.24) is 0 Å². The average molecular weight is 193 g/mol. The topological polar surface area (TPSA) is 18.5 Å². The van der Waals surface area contributed by atoms with Gasteiger partial charge >= 0.3 is 0 Å². The van der Waals surface area contributed by atoms with Gasteiger partial charge in [-0.25, -0.2) is 0 Å². The number of rotatable bonds is 3. The summed E-state index contributed by atoms with van der Waals surface area (Å²) in [6.45, 7) is 0.709. The van der Waals surface area contributed by atoms with Crippen LogP contribution in [-0.4, -0.2) is 24.3 Å². The van der Waals surface area contributed by atoms with Crippen molar-refractivity contribution in [3.8, 4) is 0 Å².